The minimum Gasteiger partial charge on any atom is -0.481 e. The summed E-state index contributed by atoms with van der Waals surface area (Å²) in [7, 11) is 0. The zero-order valence-electron chi connectivity index (χ0n) is 24.4. The van der Waals surface area contributed by atoms with E-state index in [9.17, 15) is 29.4 Å². The molecule has 224 valence electrons. The number of rotatable bonds is 10. The van der Waals surface area contributed by atoms with E-state index in [1.807, 2.05) is 0 Å². The van der Waals surface area contributed by atoms with Crippen LogP contribution in [0.2, 0.25) is 0 Å². The Morgan fingerprint density at radius 1 is 1.12 bits per heavy atom. The van der Waals surface area contributed by atoms with Gasteiger partial charge in [0.1, 0.15) is 6.04 Å². The number of nitrogen functional groups attached to an aromatic ring is 1. The van der Waals surface area contributed by atoms with Crippen molar-refractivity contribution in [1.82, 2.24) is 25.3 Å². The van der Waals surface area contributed by atoms with Crippen molar-refractivity contribution < 1.29 is 44.1 Å². The maximum atomic E-state index is 13.0. The number of hydrogen-bond acceptors (Lipinski definition) is 9. The number of hydrogen-bond donors (Lipinski definition) is 6. The number of fused-ring (bicyclic) bond motifs is 3. The third kappa shape index (κ3) is 5.97. The van der Waals surface area contributed by atoms with Gasteiger partial charge in [-0.3, -0.25) is 19.4 Å². The van der Waals surface area contributed by atoms with Crippen molar-refractivity contribution in [2.75, 3.05) is 11.1 Å². The van der Waals surface area contributed by atoms with Crippen molar-refractivity contribution in [3.8, 4) is 0 Å². The number of carbonyl (C=O) groups is 3. The number of carboxylic acids is 2. The van der Waals surface area contributed by atoms with Crippen molar-refractivity contribution in [3.63, 3.8) is 0 Å². The zero-order chi connectivity index (χ0) is 30.4. The molecule has 2 aliphatic rings. The third-order valence-corrected chi connectivity index (χ3v) is 9.86. The summed E-state index contributed by atoms with van der Waals surface area (Å²) < 4.78 is 0. The Morgan fingerprint density at radius 2 is 1.81 bits per heavy atom. The van der Waals surface area contributed by atoms with E-state index in [4.69, 9.17) is 5.73 Å². The number of amides is 1. The van der Waals surface area contributed by atoms with Crippen molar-refractivity contribution in [1.29, 1.82) is 0 Å². The Morgan fingerprint density at radius 3 is 2.40 bits per heavy atom. The van der Waals surface area contributed by atoms with E-state index in [1.54, 1.807) is 12.1 Å². The molecule has 14 heteroatoms. The molecule has 2 aromatic heterocycles. The van der Waals surface area contributed by atoms with Gasteiger partial charge in [0.05, 0.1) is 24.4 Å². The number of carboxylic acid groups (broad SMARTS) is 2. The topological polar surface area (TPSA) is 213 Å². The second-order valence-corrected chi connectivity index (χ2v) is 12.2. The predicted molar refractivity (Wildman–Crippen MR) is 153 cm³/mol. The molecule has 5 unspecified atom stereocenters. The van der Waals surface area contributed by atoms with Crippen LogP contribution in [0, 0.1) is 28.6 Å². The molecule has 0 aliphatic heterocycles. The molecule has 2 saturated carbocycles. The molecule has 43 heavy (non-hydrogen) atoms. The largest absolute Gasteiger partial charge is 0.481 e. The molecule has 2 fully saturated rings. The molecule has 2 heterocycles. The Kier molecular flexibility index (Phi) is 8.92. The minimum absolute atomic E-state index is 0. The first-order valence-corrected chi connectivity index (χ1v) is 13.9. The van der Waals surface area contributed by atoms with Gasteiger partial charge in [-0.1, -0.05) is 20.8 Å². The van der Waals surface area contributed by atoms with E-state index in [2.05, 4.69) is 51.3 Å². The molecule has 0 spiro atoms. The van der Waals surface area contributed by atoms with Crippen LogP contribution in [0.15, 0.2) is 35.3 Å². The number of nitrogens with zero attached hydrogens (tertiary/aromatic N) is 3. The van der Waals surface area contributed by atoms with E-state index in [0.29, 0.717) is 17.3 Å². The Labute approximate surface area is 260 Å². The molecule has 3 aromatic rings. The van der Waals surface area contributed by atoms with Crippen molar-refractivity contribution in [2.24, 2.45) is 28.6 Å². The third-order valence-electron chi connectivity index (χ3n) is 9.86. The summed E-state index contributed by atoms with van der Waals surface area (Å²) in [5.41, 5.74) is 6.36. The maximum Gasteiger partial charge on any atom is 0.326 e. The van der Waals surface area contributed by atoms with E-state index in [0.717, 1.165) is 19.3 Å². The quantitative estimate of drug-likeness (QED) is 0.177. The summed E-state index contributed by atoms with van der Waals surface area (Å²) in [6.07, 6.45) is 4.01. The average Bonchev–Trinajstić information content (AvgIpc) is 3.28. The van der Waals surface area contributed by atoms with Crippen LogP contribution in [0.1, 0.15) is 62.5 Å². The molecule has 1 aromatic carbocycles. The number of aromatic amines is 1. The number of nitrogens with two attached hydrogens (primary N) is 1. The van der Waals surface area contributed by atoms with Crippen molar-refractivity contribution >= 4 is 40.6 Å². The molecular formula is C29H35N7O6Zn. The normalized spacial score (nSPS) is 23.2. The van der Waals surface area contributed by atoms with Gasteiger partial charge in [-0.2, -0.15) is 4.98 Å². The monoisotopic (exact) mass is 641 g/mol. The van der Waals surface area contributed by atoms with Crippen LogP contribution >= 0.6 is 0 Å². The number of aliphatic carboxylic acids is 2. The average molecular weight is 643 g/mol. The summed E-state index contributed by atoms with van der Waals surface area (Å²) in [4.78, 5) is 64.3. The Bertz CT molecular complexity index is 1610. The van der Waals surface area contributed by atoms with Gasteiger partial charge >= 0.3 is 11.9 Å². The fraction of sp³-hybridized carbons (Fsp3) is 0.483. The van der Waals surface area contributed by atoms with Crippen LogP contribution < -0.4 is 21.9 Å². The molecule has 0 radical (unpaired) electrons. The molecule has 2 aliphatic carbocycles. The first-order valence-electron chi connectivity index (χ1n) is 13.9. The molecule has 5 rings (SSSR count). The minimum atomic E-state index is -1.35. The summed E-state index contributed by atoms with van der Waals surface area (Å²) in [5.74, 6) is -3.58. The van der Waals surface area contributed by atoms with Gasteiger partial charge in [-0.25, -0.2) is 14.8 Å². The van der Waals surface area contributed by atoms with Gasteiger partial charge in [0.2, 0.25) is 5.95 Å². The molecule has 1 amide bonds. The van der Waals surface area contributed by atoms with Crippen LogP contribution in [0.25, 0.3) is 11.2 Å². The van der Waals surface area contributed by atoms with Gasteiger partial charge < -0.3 is 26.6 Å². The summed E-state index contributed by atoms with van der Waals surface area (Å²) in [5, 5.41) is 25.7. The first kappa shape index (κ1) is 32.0. The number of benzene rings is 1. The van der Waals surface area contributed by atoms with E-state index in [-0.39, 0.29) is 71.9 Å². The molecule has 5 atom stereocenters. The number of nitrogens with one attached hydrogen (secondary N) is 3. The van der Waals surface area contributed by atoms with Crippen LogP contribution in [0.4, 0.5) is 11.6 Å². The number of H-pyrrole nitrogens is 1. The van der Waals surface area contributed by atoms with Gasteiger partial charge in [0.25, 0.3) is 11.5 Å². The van der Waals surface area contributed by atoms with E-state index in [1.165, 1.54) is 18.3 Å². The number of anilines is 2. The van der Waals surface area contributed by atoms with Gasteiger partial charge in [0.15, 0.2) is 11.2 Å². The second-order valence-electron chi connectivity index (χ2n) is 12.2. The van der Waals surface area contributed by atoms with Crippen LogP contribution in [-0.2, 0) is 35.6 Å². The zero-order valence-corrected chi connectivity index (χ0v) is 27.4. The fourth-order valence-electron chi connectivity index (χ4n) is 7.02. The Balaban J connectivity index is 0.00000423. The van der Waals surface area contributed by atoms with Crippen LogP contribution in [0.5, 0.6) is 0 Å². The van der Waals surface area contributed by atoms with E-state index >= 15 is 0 Å². The Hall–Kier alpha value is -3.93. The first-order chi connectivity index (χ1) is 19.8. The predicted octanol–water partition coefficient (Wildman–Crippen LogP) is 2.64. The summed E-state index contributed by atoms with van der Waals surface area (Å²) >= 11 is 0. The molecule has 2 bridgehead atoms. The van der Waals surface area contributed by atoms with Gasteiger partial charge in [-0.15, -0.1) is 0 Å². The van der Waals surface area contributed by atoms with Crippen molar-refractivity contribution in [2.45, 2.75) is 59.0 Å². The summed E-state index contributed by atoms with van der Waals surface area (Å²) in [6, 6.07) is 5.02. The fourth-order valence-corrected chi connectivity index (χ4v) is 7.02. The van der Waals surface area contributed by atoms with Gasteiger partial charge in [0, 0.05) is 30.7 Å². The summed E-state index contributed by atoms with van der Waals surface area (Å²) in [6.45, 7) is 6.73. The van der Waals surface area contributed by atoms with Crippen LogP contribution in [0.3, 0.4) is 0 Å². The number of aromatic nitrogens is 4. The SMILES string of the molecule is CC1(C)C2CCC1(C)C(C(CC(NC(=O)c1ccc(NCc3cnc4nc(N)[nH]c(=O)c4n3)cc1)C(=O)O)C(=O)O)C2.[Zn]. The standard InChI is InChI=1S/C29H35N7O6.Zn/c1-28(2)15-8-9-29(28,3)19(10-15)18(25(39)40)11-20(26(41)42)34-23(37)14-4-6-16(7-5-14)31-12-17-13-32-22-21(33-17)24(38)36-27(30)35-22;/h4-7,13,15,18-20,31H,8-12H2,1-3H3,(H,34,37)(H,39,40)(H,41,42)(H3,30,32,35,36,38);. The second kappa shape index (κ2) is 12.0. The molecule has 7 N–H and O–H groups in total. The molecule has 0 saturated heterocycles. The smallest absolute Gasteiger partial charge is 0.326 e. The van der Waals surface area contributed by atoms with Gasteiger partial charge in [-0.05, 0) is 72.6 Å². The molecular weight excluding hydrogens is 608 g/mol. The molecule has 13 nitrogen and oxygen atoms in total. The van der Waals surface area contributed by atoms with Crippen molar-refractivity contribution in [3.05, 3.63) is 52.1 Å². The van der Waals surface area contributed by atoms with E-state index < -0.39 is 35.4 Å². The van der Waals surface area contributed by atoms with Crippen LogP contribution in [-0.4, -0.2) is 54.0 Å². The number of carbonyl (C=O) groups excluding carboxylic acids is 1. The maximum absolute atomic E-state index is 13.0.